The molecule has 9 heteroatoms. The average Bonchev–Trinajstić information content (AvgIpc) is 2.91. The Labute approximate surface area is 171 Å². The Balaban J connectivity index is 1.76. The SMILES string of the molecule is Cc1c(NC(=O)NC(C)c2cccc(OC(F)F)c2)c(=O)n(-c2ccccc2)n1C. The van der Waals surface area contributed by atoms with Gasteiger partial charge in [-0.1, -0.05) is 30.3 Å². The van der Waals surface area contributed by atoms with Crippen molar-refractivity contribution >= 4 is 11.7 Å². The van der Waals surface area contributed by atoms with Crippen molar-refractivity contribution in [2.45, 2.75) is 26.5 Å². The number of amides is 2. The molecule has 1 unspecified atom stereocenters. The fourth-order valence-electron chi connectivity index (χ4n) is 3.10. The number of rotatable bonds is 6. The first-order chi connectivity index (χ1) is 14.3. The van der Waals surface area contributed by atoms with Crippen LogP contribution >= 0.6 is 0 Å². The van der Waals surface area contributed by atoms with Gasteiger partial charge < -0.3 is 15.4 Å². The maximum Gasteiger partial charge on any atom is 0.387 e. The molecule has 2 aromatic carbocycles. The minimum atomic E-state index is -2.93. The van der Waals surface area contributed by atoms with Crippen molar-refractivity contribution < 1.29 is 18.3 Å². The highest BCUT2D eigenvalue weighted by Crippen LogP contribution is 2.21. The Hall–Kier alpha value is -3.62. The molecule has 30 heavy (non-hydrogen) atoms. The van der Waals surface area contributed by atoms with Gasteiger partial charge in [0.05, 0.1) is 17.4 Å². The van der Waals surface area contributed by atoms with Gasteiger partial charge >= 0.3 is 12.6 Å². The fourth-order valence-corrected chi connectivity index (χ4v) is 3.10. The van der Waals surface area contributed by atoms with Crippen molar-refractivity contribution in [3.8, 4) is 11.4 Å². The van der Waals surface area contributed by atoms with Crippen molar-refractivity contribution in [2.24, 2.45) is 7.05 Å². The predicted molar refractivity (Wildman–Crippen MR) is 109 cm³/mol. The molecule has 2 amide bonds. The standard InChI is InChI=1S/C21H22F2N4O3/c1-13(15-8-7-11-17(12-15)30-20(22)23)24-21(29)25-18-14(2)26(3)27(19(18)28)16-9-5-4-6-10-16/h4-13,20H,1-3H3,(H2,24,25,29). The molecule has 0 spiro atoms. The summed E-state index contributed by atoms with van der Waals surface area (Å²) < 4.78 is 32.3. The van der Waals surface area contributed by atoms with Crippen molar-refractivity contribution in [1.29, 1.82) is 0 Å². The molecule has 0 saturated heterocycles. The normalized spacial score (nSPS) is 11.9. The number of nitrogens with one attached hydrogen (secondary N) is 2. The number of benzene rings is 2. The van der Waals surface area contributed by atoms with E-state index < -0.39 is 18.7 Å². The second-order valence-electron chi connectivity index (χ2n) is 6.71. The number of ether oxygens (including phenoxy) is 1. The third kappa shape index (κ3) is 4.51. The monoisotopic (exact) mass is 416 g/mol. The van der Waals surface area contributed by atoms with Crippen LogP contribution < -0.4 is 20.9 Å². The van der Waals surface area contributed by atoms with E-state index in [0.717, 1.165) is 0 Å². The van der Waals surface area contributed by atoms with Crippen LogP contribution in [0.1, 0.15) is 24.2 Å². The van der Waals surface area contributed by atoms with Gasteiger partial charge in [0, 0.05) is 7.05 Å². The van der Waals surface area contributed by atoms with E-state index in [2.05, 4.69) is 15.4 Å². The molecule has 0 saturated carbocycles. The van der Waals surface area contributed by atoms with Gasteiger partial charge in [-0.3, -0.25) is 9.48 Å². The lowest BCUT2D eigenvalue weighted by molar-refractivity contribution is -0.0499. The van der Waals surface area contributed by atoms with Crippen LogP contribution in [0.5, 0.6) is 5.75 Å². The van der Waals surface area contributed by atoms with Gasteiger partial charge in [-0.15, -0.1) is 0 Å². The number of anilines is 1. The van der Waals surface area contributed by atoms with Crippen molar-refractivity contribution in [1.82, 2.24) is 14.7 Å². The third-order valence-corrected chi connectivity index (χ3v) is 4.72. The van der Waals surface area contributed by atoms with E-state index in [1.165, 1.54) is 16.8 Å². The highest BCUT2D eigenvalue weighted by atomic mass is 19.3. The maximum absolute atomic E-state index is 12.9. The van der Waals surface area contributed by atoms with E-state index in [1.54, 1.807) is 49.8 Å². The minimum Gasteiger partial charge on any atom is -0.435 e. The Morgan fingerprint density at radius 3 is 2.47 bits per heavy atom. The Morgan fingerprint density at radius 2 is 1.80 bits per heavy atom. The van der Waals surface area contributed by atoms with Gasteiger partial charge in [0.15, 0.2) is 0 Å². The zero-order chi connectivity index (χ0) is 21.8. The van der Waals surface area contributed by atoms with Gasteiger partial charge in [-0.25, -0.2) is 9.48 Å². The molecule has 3 rings (SSSR count). The van der Waals surface area contributed by atoms with Crippen LogP contribution in [0.2, 0.25) is 0 Å². The Kier molecular flexibility index (Phi) is 6.20. The predicted octanol–water partition coefficient (Wildman–Crippen LogP) is 3.97. The van der Waals surface area contributed by atoms with Crippen LogP contribution in [0.3, 0.4) is 0 Å². The van der Waals surface area contributed by atoms with Gasteiger partial charge in [0.2, 0.25) is 0 Å². The van der Waals surface area contributed by atoms with Crippen LogP contribution in [0.25, 0.3) is 5.69 Å². The summed E-state index contributed by atoms with van der Waals surface area (Å²) in [5.74, 6) is 0.00112. The first kappa shape index (κ1) is 21.1. The van der Waals surface area contributed by atoms with E-state index in [0.29, 0.717) is 16.9 Å². The highest BCUT2D eigenvalue weighted by molar-refractivity contribution is 5.90. The molecule has 1 atom stereocenters. The van der Waals surface area contributed by atoms with Crippen LogP contribution in [0.15, 0.2) is 59.4 Å². The molecule has 0 radical (unpaired) electrons. The summed E-state index contributed by atoms with van der Waals surface area (Å²) in [6.07, 6.45) is 0. The fraction of sp³-hybridized carbons (Fsp3) is 0.238. The van der Waals surface area contributed by atoms with E-state index in [9.17, 15) is 18.4 Å². The number of carbonyl (C=O) groups is 1. The molecule has 158 valence electrons. The van der Waals surface area contributed by atoms with Gasteiger partial charge in [0.1, 0.15) is 11.4 Å². The first-order valence-corrected chi connectivity index (χ1v) is 9.24. The van der Waals surface area contributed by atoms with Crippen molar-refractivity contribution in [3.05, 3.63) is 76.2 Å². The van der Waals surface area contributed by atoms with E-state index in [1.807, 2.05) is 18.2 Å². The lowest BCUT2D eigenvalue weighted by Crippen LogP contribution is -2.33. The second kappa shape index (κ2) is 8.81. The maximum atomic E-state index is 12.9. The average molecular weight is 416 g/mol. The molecular formula is C21H22F2N4O3. The summed E-state index contributed by atoms with van der Waals surface area (Å²) in [5.41, 5.74) is 1.62. The van der Waals surface area contributed by atoms with E-state index >= 15 is 0 Å². The Morgan fingerprint density at radius 1 is 1.10 bits per heavy atom. The van der Waals surface area contributed by atoms with E-state index in [-0.39, 0.29) is 17.0 Å². The van der Waals surface area contributed by atoms with Gasteiger partial charge in [-0.05, 0) is 43.7 Å². The van der Waals surface area contributed by atoms with Crippen LogP contribution in [0.4, 0.5) is 19.3 Å². The number of nitrogens with zero attached hydrogens (tertiary/aromatic N) is 2. The van der Waals surface area contributed by atoms with Crippen LogP contribution in [0, 0.1) is 6.92 Å². The summed E-state index contributed by atoms with van der Waals surface area (Å²) in [6.45, 7) is 0.492. The lowest BCUT2D eigenvalue weighted by atomic mass is 10.1. The summed E-state index contributed by atoms with van der Waals surface area (Å²) in [6, 6.07) is 14.0. The molecule has 2 N–H and O–H groups in total. The number of halogens is 2. The molecule has 1 aromatic heterocycles. The number of carbonyl (C=O) groups excluding carboxylic acids is 1. The number of para-hydroxylation sites is 1. The molecule has 7 nitrogen and oxygen atoms in total. The highest BCUT2D eigenvalue weighted by Gasteiger charge is 2.19. The zero-order valence-corrected chi connectivity index (χ0v) is 16.7. The molecule has 1 heterocycles. The number of urea groups is 1. The summed E-state index contributed by atoms with van der Waals surface area (Å²) >= 11 is 0. The molecule has 0 aliphatic heterocycles. The number of alkyl halides is 2. The van der Waals surface area contributed by atoms with E-state index in [4.69, 9.17) is 0 Å². The molecule has 0 aliphatic rings. The van der Waals surface area contributed by atoms with Gasteiger partial charge in [0.25, 0.3) is 5.56 Å². The third-order valence-electron chi connectivity index (χ3n) is 4.72. The zero-order valence-electron chi connectivity index (χ0n) is 16.7. The van der Waals surface area contributed by atoms with Crippen LogP contribution in [-0.2, 0) is 7.05 Å². The summed E-state index contributed by atoms with van der Waals surface area (Å²) in [4.78, 5) is 25.4. The van der Waals surface area contributed by atoms with Gasteiger partial charge in [-0.2, -0.15) is 8.78 Å². The number of hydrogen-bond donors (Lipinski definition) is 2. The number of aromatic nitrogens is 2. The van der Waals surface area contributed by atoms with Crippen molar-refractivity contribution in [3.63, 3.8) is 0 Å². The largest absolute Gasteiger partial charge is 0.435 e. The Bertz CT molecular complexity index is 1090. The first-order valence-electron chi connectivity index (χ1n) is 9.24. The molecule has 3 aromatic rings. The molecule has 0 aliphatic carbocycles. The molecule has 0 fully saturated rings. The molecule has 0 bridgehead atoms. The smallest absolute Gasteiger partial charge is 0.387 e. The second-order valence-corrected chi connectivity index (χ2v) is 6.71. The summed E-state index contributed by atoms with van der Waals surface area (Å²) in [7, 11) is 1.73. The van der Waals surface area contributed by atoms with Crippen molar-refractivity contribution in [2.75, 3.05) is 5.32 Å². The lowest BCUT2D eigenvalue weighted by Gasteiger charge is -2.16. The quantitative estimate of drug-likeness (QED) is 0.638. The molecular weight excluding hydrogens is 394 g/mol. The summed E-state index contributed by atoms with van der Waals surface area (Å²) in [5, 5.41) is 5.30. The number of hydrogen-bond acceptors (Lipinski definition) is 3. The minimum absolute atomic E-state index is 0.00112. The van der Waals surface area contributed by atoms with Crippen LogP contribution in [-0.4, -0.2) is 22.0 Å². The topological polar surface area (TPSA) is 77.3 Å².